The molecule has 0 aromatic heterocycles. The molecule has 0 aliphatic carbocycles. The van der Waals surface area contributed by atoms with Crippen LogP contribution >= 0.6 is 0 Å². The summed E-state index contributed by atoms with van der Waals surface area (Å²) < 4.78 is 12.3. The van der Waals surface area contributed by atoms with E-state index in [1.165, 1.54) is 0 Å². The van der Waals surface area contributed by atoms with Gasteiger partial charge >= 0.3 is 0 Å². The van der Waals surface area contributed by atoms with Gasteiger partial charge in [0.05, 0.1) is 8.55 Å². The number of rotatable bonds is 3. The zero-order valence-electron chi connectivity index (χ0n) is 8.88. The Balaban J connectivity index is 2.38. The van der Waals surface area contributed by atoms with E-state index in [2.05, 4.69) is 31.9 Å². The molecule has 0 aromatic rings. The lowest BCUT2D eigenvalue weighted by Crippen LogP contribution is -2.54. The van der Waals surface area contributed by atoms with Gasteiger partial charge in [-0.2, -0.15) is 0 Å². The van der Waals surface area contributed by atoms with Gasteiger partial charge in [-0.1, -0.05) is 5.70 Å². The predicted molar refractivity (Wildman–Crippen MR) is 75.6 cm³/mol. The van der Waals surface area contributed by atoms with Crippen LogP contribution < -0.4 is 0 Å². The first-order chi connectivity index (χ1) is 6.01. The van der Waals surface area contributed by atoms with Crippen LogP contribution in [0.1, 0.15) is 0 Å². The normalized spacial score (nSPS) is 35.6. The molecule has 0 N–H and O–H groups in total. The average Bonchev–Trinajstić information content (AvgIpc) is 2.01. The topological polar surface area (TPSA) is 18.5 Å². The Bertz CT molecular complexity index is 180. The lowest BCUT2D eigenvalue weighted by atomic mass is 11.3. The minimum Gasteiger partial charge on any atom is -0.444 e. The number of hydrogen-bond acceptors (Lipinski definition) is 2. The first-order valence-electron chi connectivity index (χ1n) is 4.97. The van der Waals surface area contributed by atoms with Gasteiger partial charge in [0.2, 0.25) is 0 Å². The first-order valence-corrected chi connectivity index (χ1v) is 25.0. The highest BCUT2D eigenvalue weighted by molar-refractivity contribution is 7.60. The summed E-state index contributed by atoms with van der Waals surface area (Å²) in [4.78, 5) is 0. The van der Waals surface area contributed by atoms with E-state index in [-0.39, 0.29) is 8.55 Å². The standard InChI is InChI=1S/C5H20O2Si6/c1-5-11-6-12(10-8-9-11)7-13(2,3)4/h5,11-12H,1,8-10H2,2-4H3. The van der Waals surface area contributed by atoms with Gasteiger partial charge in [-0.15, -0.1) is 6.58 Å². The minimum atomic E-state index is -1.29. The molecule has 8 heteroatoms. The summed E-state index contributed by atoms with van der Waals surface area (Å²) in [5.74, 6) is 0. The maximum atomic E-state index is 6.17. The molecule has 0 spiro atoms. The van der Waals surface area contributed by atoms with Crippen LogP contribution in [0.2, 0.25) is 19.6 Å². The van der Waals surface area contributed by atoms with Crippen LogP contribution in [0.15, 0.2) is 12.3 Å². The fourth-order valence-corrected chi connectivity index (χ4v) is 95.1. The Morgan fingerprint density at radius 1 is 1.38 bits per heavy atom. The van der Waals surface area contributed by atoms with E-state index in [1.54, 1.807) is 0 Å². The van der Waals surface area contributed by atoms with Gasteiger partial charge in [0.15, 0.2) is 16.9 Å². The Labute approximate surface area is 91.4 Å². The summed E-state index contributed by atoms with van der Waals surface area (Å²) in [6.45, 7) is 10.8. The van der Waals surface area contributed by atoms with E-state index < -0.39 is 25.7 Å². The molecular weight excluding hydrogens is 261 g/mol. The molecule has 2 nitrogen and oxygen atoms in total. The average molecular weight is 281 g/mol. The molecule has 0 saturated carbocycles. The molecule has 2 atom stereocenters. The first kappa shape index (κ1) is 12.0. The van der Waals surface area contributed by atoms with Crippen molar-refractivity contribution in [3.8, 4) is 0 Å². The van der Waals surface area contributed by atoms with Crippen LogP contribution in [0.5, 0.6) is 0 Å². The molecule has 76 valence electrons. The summed E-state index contributed by atoms with van der Waals surface area (Å²) in [5, 5.41) is 0. The maximum absolute atomic E-state index is 6.17. The van der Waals surface area contributed by atoms with E-state index >= 15 is 0 Å². The second-order valence-corrected chi connectivity index (χ2v) is 41.8. The smallest absolute Gasteiger partial charge is 0.268 e. The number of hydrogen-bond donors (Lipinski definition) is 0. The third kappa shape index (κ3) is 4.83. The van der Waals surface area contributed by atoms with Crippen LogP contribution in [0.3, 0.4) is 0 Å². The van der Waals surface area contributed by atoms with Crippen molar-refractivity contribution in [2.24, 2.45) is 0 Å². The van der Waals surface area contributed by atoms with Gasteiger partial charge in [0, 0.05) is 17.1 Å². The second kappa shape index (κ2) is 5.16. The fourth-order valence-electron chi connectivity index (χ4n) is 1.47. The van der Waals surface area contributed by atoms with Crippen LogP contribution in [0.25, 0.3) is 0 Å². The maximum Gasteiger partial charge on any atom is 0.268 e. The highest BCUT2D eigenvalue weighted by atomic mass is 29.9. The summed E-state index contributed by atoms with van der Waals surface area (Å²) in [6, 6.07) is 0. The molecule has 1 rings (SSSR count). The summed E-state index contributed by atoms with van der Waals surface area (Å²) in [5.41, 5.74) is 2.17. The van der Waals surface area contributed by atoms with Crippen LogP contribution in [0, 0.1) is 0 Å². The molecule has 13 heavy (non-hydrogen) atoms. The van der Waals surface area contributed by atoms with Gasteiger partial charge < -0.3 is 8.23 Å². The van der Waals surface area contributed by atoms with Crippen LogP contribution in [-0.4, -0.2) is 51.3 Å². The molecule has 1 aliphatic heterocycles. The van der Waals surface area contributed by atoms with Crippen LogP contribution in [-0.2, 0) is 8.23 Å². The molecule has 0 amide bonds. The molecule has 2 unspecified atom stereocenters. The van der Waals surface area contributed by atoms with E-state index in [4.69, 9.17) is 8.23 Å². The Morgan fingerprint density at radius 2 is 2.08 bits per heavy atom. The largest absolute Gasteiger partial charge is 0.444 e. The third-order valence-electron chi connectivity index (χ3n) is 2.00. The highest BCUT2D eigenvalue weighted by Gasteiger charge is 2.29. The van der Waals surface area contributed by atoms with Gasteiger partial charge in [-0.3, -0.25) is 0 Å². The molecule has 0 radical (unpaired) electrons. The zero-order chi connectivity index (χ0) is 9.90. The van der Waals surface area contributed by atoms with Crippen molar-refractivity contribution in [2.75, 3.05) is 0 Å². The van der Waals surface area contributed by atoms with Gasteiger partial charge in [-0.05, 0) is 19.6 Å². The van der Waals surface area contributed by atoms with Gasteiger partial charge in [0.1, 0.15) is 0 Å². The highest BCUT2D eigenvalue weighted by Crippen LogP contribution is 2.07. The Morgan fingerprint density at radius 3 is 2.62 bits per heavy atom. The second-order valence-electron chi connectivity index (χ2n) is 4.50. The molecular formula is C5H20O2Si6. The summed E-state index contributed by atoms with van der Waals surface area (Å²) in [6.07, 6.45) is 0. The van der Waals surface area contributed by atoms with Crippen molar-refractivity contribution < 1.29 is 8.23 Å². The minimum absolute atomic E-state index is 0.218. The Hall–Kier alpha value is 0.961. The van der Waals surface area contributed by atoms with E-state index in [0.29, 0.717) is 17.1 Å². The van der Waals surface area contributed by atoms with Gasteiger partial charge in [-0.25, -0.2) is 0 Å². The van der Waals surface area contributed by atoms with Crippen molar-refractivity contribution in [1.82, 2.24) is 0 Å². The predicted octanol–water partition coefficient (Wildman–Crippen LogP) is -2.13. The molecule has 1 aliphatic rings. The summed E-state index contributed by atoms with van der Waals surface area (Å²) in [7, 11) is -2.16. The lowest BCUT2D eigenvalue weighted by molar-refractivity contribution is 0.461. The van der Waals surface area contributed by atoms with Crippen molar-refractivity contribution in [2.45, 2.75) is 19.6 Å². The molecule has 0 aromatic carbocycles. The van der Waals surface area contributed by atoms with Crippen molar-refractivity contribution in [3.05, 3.63) is 12.3 Å². The van der Waals surface area contributed by atoms with E-state index in [0.717, 1.165) is 0 Å². The van der Waals surface area contributed by atoms with E-state index in [9.17, 15) is 0 Å². The monoisotopic (exact) mass is 280 g/mol. The SMILES string of the molecule is C=C[SiH]1O[SiH](O[Si](C)(C)C)[SiH2][SiH2][SiH2]1. The van der Waals surface area contributed by atoms with E-state index in [1.807, 2.05) is 0 Å². The summed E-state index contributed by atoms with van der Waals surface area (Å²) >= 11 is 0. The molecule has 1 saturated heterocycles. The Kier molecular flexibility index (Phi) is 4.77. The van der Waals surface area contributed by atoms with Gasteiger partial charge in [0.25, 0.3) is 8.80 Å². The van der Waals surface area contributed by atoms with Crippen molar-refractivity contribution in [1.29, 1.82) is 0 Å². The quantitative estimate of drug-likeness (QED) is 0.550. The fraction of sp³-hybridized carbons (Fsp3) is 0.600. The molecule has 0 bridgehead atoms. The lowest BCUT2D eigenvalue weighted by Gasteiger charge is -2.31. The molecule has 1 fully saturated rings. The van der Waals surface area contributed by atoms with Crippen molar-refractivity contribution in [3.63, 3.8) is 0 Å². The molecule has 1 heterocycles. The third-order valence-corrected chi connectivity index (χ3v) is 61.2. The zero-order valence-corrected chi connectivity index (χ0v) is 16.4. The van der Waals surface area contributed by atoms with Crippen molar-refractivity contribution >= 4 is 51.3 Å². The van der Waals surface area contributed by atoms with Crippen LogP contribution in [0.4, 0.5) is 0 Å².